The fraction of sp³-hybridized carbons (Fsp3) is 0.357. The van der Waals surface area contributed by atoms with Gasteiger partial charge in [0.1, 0.15) is 5.82 Å². The molecule has 5 heteroatoms. The number of rotatable bonds is 5. The SMILES string of the molecule is CCNC(Cn1ncc(Cl)c1C)c1ccccc1F. The van der Waals surface area contributed by atoms with Crippen LogP contribution in [0, 0.1) is 12.7 Å². The highest BCUT2D eigenvalue weighted by molar-refractivity contribution is 6.31. The van der Waals surface area contributed by atoms with Crippen molar-refractivity contribution in [1.29, 1.82) is 0 Å². The Morgan fingerprint density at radius 3 is 2.74 bits per heavy atom. The van der Waals surface area contributed by atoms with E-state index in [0.29, 0.717) is 17.1 Å². The van der Waals surface area contributed by atoms with Gasteiger partial charge in [-0.2, -0.15) is 5.10 Å². The third-order valence-corrected chi connectivity index (χ3v) is 3.50. The van der Waals surface area contributed by atoms with E-state index in [2.05, 4.69) is 10.4 Å². The van der Waals surface area contributed by atoms with Gasteiger partial charge >= 0.3 is 0 Å². The normalized spacial score (nSPS) is 12.6. The summed E-state index contributed by atoms with van der Waals surface area (Å²) in [6.45, 7) is 5.21. The monoisotopic (exact) mass is 281 g/mol. The zero-order valence-corrected chi connectivity index (χ0v) is 11.8. The molecule has 102 valence electrons. The van der Waals surface area contributed by atoms with Gasteiger partial charge in [0.05, 0.1) is 29.5 Å². The number of likely N-dealkylation sites (N-methyl/N-ethyl adjacent to an activating group) is 1. The number of halogens is 2. The molecule has 1 aromatic heterocycles. The minimum atomic E-state index is -0.204. The van der Waals surface area contributed by atoms with Crippen LogP contribution in [0.15, 0.2) is 30.5 Å². The molecule has 2 aromatic rings. The van der Waals surface area contributed by atoms with Gasteiger partial charge in [0.2, 0.25) is 0 Å². The minimum Gasteiger partial charge on any atom is -0.309 e. The van der Waals surface area contributed by atoms with Crippen molar-refractivity contribution in [3.8, 4) is 0 Å². The quantitative estimate of drug-likeness (QED) is 0.911. The van der Waals surface area contributed by atoms with E-state index in [1.807, 2.05) is 19.9 Å². The van der Waals surface area contributed by atoms with Crippen LogP contribution in [0.3, 0.4) is 0 Å². The van der Waals surface area contributed by atoms with Crippen LogP contribution in [0.2, 0.25) is 5.02 Å². The van der Waals surface area contributed by atoms with Crippen molar-refractivity contribution >= 4 is 11.6 Å². The van der Waals surface area contributed by atoms with Crippen LogP contribution in [0.25, 0.3) is 0 Å². The molecule has 0 amide bonds. The topological polar surface area (TPSA) is 29.9 Å². The summed E-state index contributed by atoms with van der Waals surface area (Å²) >= 11 is 5.99. The van der Waals surface area contributed by atoms with Crippen LogP contribution in [-0.2, 0) is 6.54 Å². The molecule has 1 unspecified atom stereocenters. The number of nitrogens with one attached hydrogen (secondary N) is 1. The third-order valence-electron chi connectivity index (χ3n) is 3.13. The van der Waals surface area contributed by atoms with Crippen molar-refractivity contribution in [2.45, 2.75) is 26.4 Å². The van der Waals surface area contributed by atoms with E-state index in [1.54, 1.807) is 23.0 Å². The first-order valence-corrected chi connectivity index (χ1v) is 6.67. The van der Waals surface area contributed by atoms with Gasteiger partial charge in [0.25, 0.3) is 0 Å². The summed E-state index contributed by atoms with van der Waals surface area (Å²) in [5.74, 6) is -0.204. The third kappa shape index (κ3) is 3.14. The van der Waals surface area contributed by atoms with Gasteiger partial charge in [-0.05, 0) is 19.5 Å². The molecule has 19 heavy (non-hydrogen) atoms. The molecule has 1 aromatic carbocycles. The lowest BCUT2D eigenvalue weighted by atomic mass is 10.1. The number of hydrogen-bond donors (Lipinski definition) is 1. The maximum absolute atomic E-state index is 13.9. The molecule has 0 radical (unpaired) electrons. The minimum absolute atomic E-state index is 0.124. The molecule has 0 aliphatic heterocycles. The highest BCUT2D eigenvalue weighted by Gasteiger charge is 2.16. The molecule has 2 rings (SSSR count). The van der Waals surface area contributed by atoms with Crippen molar-refractivity contribution in [3.63, 3.8) is 0 Å². The zero-order valence-electron chi connectivity index (χ0n) is 11.0. The predicted octanol–water partition coefficient (Wildman–Crippen LogP) is 3.33. The van der Waals surface area contributed by atoms with Crippen LogP contribution in [0.4, 0.5) is 4.39 Å². The molecule has 1 heterocycles. The summed E-state index contributed by atoms with van der Waals surface area (Å²) in [5, 5.41) is 8.12. The lowest BCUT2D eigenvalue weighted by Gasteiger charge is -2.19. The predicted molar refractivity (Wildman–Crippen MR) is 74.8 cm³/mol. The average molecular weight is 282 g/mol. The van der Waals surface area contributed by atoms with Gasteiger partial charge in [0.15, 0.2) is 0 Å². The molecule has 0 saturated carbocycles. The Morgan fingerprint density at radius 2 is 2.16 bits per heavy atom. The fourth-order valence-electron chi connectivity index (χ4n) is 2.06. The Kier molecular flexibility index (Phi) is 4.56. The van der Waals surface area contributed by atoms with Crippen LogP contribution in [0.5, 0.6) is 0 Å². The maximum atomic E-state index is 13.9. The number of hydrogen-bond acceptors (Lipinski definition) is 2. The van der Waals surface area contributed by atoms with E-state index in [-0.39, 0.29) is 11.9 Å². The van der Waals surface area contributed by atoms with Crippen molar-refractivity contribution in [2.75, 3.05) is 6.54 Å². The van der Waals surface area contributed by atoms with E-state index < -0.39 is 0 Å². The molecule has 0 fully saturated rings. The molecule has 3 nitrogen and oxygen atoms in total. The molecule has 0 bridgehead atoms. The highest BCUT2D eigenvalue weighted by atomic mass is 35.5. The summed E-state index contributed by atoms with van der Waals surface area (Å²) in [6, 6.07) is 6.68. The van der Waals surface area contributed by atoms with Crippen molar-refractivity contribution in [1.82, 2.24) is 15.1 Å². The summed E-state index contributed by atoms with van der Waals surface area (Å²) in [5.41, 5.74) is 1.54. The summed E-state index contributed by atoms with van der Waals surface area (Å²) in [4.78, 5) is 0. The number of benzene rings is 1. The molecular formula is C14H17ClFN3. The molecule has 0 spiro atoms. The Balaban J connectivity index is 2.26. The fourth-order valence-corrected chi connectivity index (χ4v) is 2.20. The first-order chi connectivity index (χ1) is 9.13. The Hall–Kier alpha value is -1.39. The van der Waals surface area contributed by atoms with E-state index in [1.165, 1.54) is 6.07 Å². The average Bonchev–Trinajstić information content (AvgIpc) is 2.71. The van der Waals surface area contributed by atoms with Gasteiger partial charge in [-0.3, -0.25) is 4.68 Å². The first kappa shape index (κ1) is 14.0. The van der Waals surface area contributed by atoms with Crippen molar-refractivity contribution in [2.24, 2.45) is 0 Å². The summed E-state index contributed by atoms with van der Waals surface area (Å²) < 4.78 is 15.7. The van der Waals surface area contributed by atoms with Crippen LogP contribution in [0.1, 0.15) is 24.2 Å². The van der Waals surface area contributed by atoms with E-state index >= 15 is 0 Å². The molecule has 0 aliphatic carbocycles. The van der Waals surface area contributed by atoms with Gasteiger partial charge < -0.3 is 5.32 Å². The van der Waals surface area contributed by atoms with E-state index in [9.17, 15) is 4.39 Å². The number of nitrogens with zero attached hydrogens (tertiary/aromatic N) is 2. The molecule has 0 aliphatic rings. The first-order valence-electron chi connectivity index (χ1n) is 6.29. The number of aromatic nitrogens is 2. The van der Waals surface area contributed by atoms with Crippen LogP contribution in [-0.4, -0.2) is 16.3 Å². The highest BCUT2D eigenvalue weighted by Crippen LogP contribution is 2.21. The Bertz CT molecular complexity index is 553. The summed E-state index contributed by atoms with van der Waals surface area (Å²) in [6.07, 6.45) is 1.61. The van der Waals surface area contributed by atoms with Gasteiger partial charge in [-0.1, -0.05) is 36.7 Å². The largest absolute Gasteiger partial charge is 0.309 e. The van der Waals surface area contributed by atoms with Crippen molar-refractivity contribution in [3.05, 3.63) is 52.6 Å². The molecule has 1 N–H and O–H groups in total. The standard InChI is InChI=1S/C14H17ClFN3/c1-3-17-14(11-6-4-5-7-13(11)16)9-19-10(2)12(15)8-18-19/h4-8,14,17H,3,9H2,1-2H3. The van der Waals surface area contributed by atoms with Gasteiger partial charge in [-0.25, -0.2) is 4.39 Å². The van der Waals surface area contributed by atoms with Gasteiger partial charge in [0, 0.05) is 5.56 Å². The molecular weight excluding hydrogens is 265 g/mol. The van der Waals surface area contributed by atoms with Gasteiger partial charge in [-0.15, -0.1) is 0 Å². The Morgan fingerprint density at radius 1 is 1.42 bits per heavy atom. The maximum Gasteiger partial charge on any atom is 0.128 e. The molecule has 1 atom stereocenters. The van der Waals surface area contributed by atoms with E-state index in [0.717, 1.165) is 12.2 Å². The molecule has 0 saturated heterocycles. The zero-order chi connectivity index (χ0) is 13.8. The summed E-state index contributed by atoms with van der Waals surface area (Å²) in [7, 11) is 0. The lowest BCUT2D eigenvalue weighted by molar-refractivity contribution is 0.427. The lowest BCUT2D eigenvalue weighted by Crippen LogP contribution is -2.27. The second-order valence-corrected chi connectivity index (χ2v) is 4.80. The van der Waals surface area contributed by atoms with Crippen molar-refractivity contribution < 1.29 is 4.39 Å². The van der Waals surface area contributed by atoms with Crippen LogP contribution < -0.4 is 5.32 Å². The van der Waals surface area contributed by atoms with E-state index in [4.69, 9.17) is 11.6 Å². The second-order valence-electron chi connectivity index (χ2n) is 4.39. The smallest absolute Gasteiger partial charge is 0.128 e. The van der Waals surface area contributed by atoms with Crippen LogP contribution >= 0.6 is 11.6 Å². The Labute approximate surface area is 117 Å². The second kappa shape index (κ2) is 6.17.